The Morgan fingerprint density at radius 1 is 1.67 bits per heavy atom. The van der Waals surface area contributed by atoms with Crippen LogP contribution in [0.25, 0.3) is 0 Å². The molecule has 0 unspecified atom stereocenters. The summed E-state index contributed by atoms with van der Waals surface area (Å²) in [5.74, 6) is 2.18. The first kappa shape index (κ1) is 6.91. The van der Waals surface area contributed by atoms with Gasteiger partial charge in [-0.3, -0.25) is 0 Å². The molecule has 0 amide bonds. The van der Waals surface area contributed by atoms with Crippen LogP contribution in [-0.4, -0.2) is 17.5 Å². The molecule has 0 radical (unpaired) electrons. The number of thioether (sulfide) groups is 1. The molecular weight excluding hydrogens is 132 g/mol. The molecule has 0 aromatic carbocycles. The molecule has 1 aliphatic heterocycles. The largest absolute Gasteiger partial charge is 0.326 e. The van der Waals surface area contributed by atoms with Gasteiger partial charge in [0.15, 0.2) is 0 Å². The third-order valence-electron chi connectivity index (χ3n) is 1.57. The summed E-state index contributed by atoms with van der Waals surface area (Å²) in [7, 11) is 0. The summed E-state index contributed by atoms with van der Waals surface area (Å²) < 4.78 is 0. The van der Waals surface area contributed by atoms with E-state index in [0.717, 1.165) is 17.9 Å². The minimum Gasteiger partial charge on any atom is -0.326 e. The van der Waals surface area contributed by atoms with Gasteiger partial charge in [-0.25, -0.2) is 0 Å². The van der Waals surface area contributed by atoms with Gasteiger partial charge in [-0.15, -0.1) is 0 Å². The van der Waals surface area contributed by atoms with E-state index in [-0.39, 0.29) is 12.0 Å². The van der Waals surface area contributed by atoms with Gasteiger partial charge in [0.25, 0.3) is 0 Å². The molecule has 2 N–H and O–H groups in total. The average Bonchev–Trinajstić information content (AvgIpc) is 1.89. The zero-order chi connectivity index (χ0) is 6.69. The van der Waals surface area contributed by atoms with E-state index < -0.39 is 0 Å². The molecule has 1 saturated heterocycles. The van der Waals surface area contributed by atoms with Crippen molar-refractivity contribution in [1.29, 1.82) is 5.26 Å². The van der Waals surface area contributed by atoms with E-state index in [2.05, 4.69) is 6.07 Å². The molecule has 1 heterocycles. The van der Waals surface area contributed by atoms with E-state index in [1.165, 1.54) is 0 Å². The van der Waals surface area contributed by atoms with Crippen molar-refractivity contribution in [2.45, 2.75) is 12.5 Å². The molecule has 0 saturated carbocycles. The molecule has 0 aliphatic carbocycles. The molecule has 2 atom stereocenters. The van der Waals surface area contributed by atoms with Crippen molar-refractivity contribution in [2.75, 3.05) is 11.5 Å². The number of nitriles is 1. The van der Waals surface area contributed by atoms with Crippen LogP contribution >= 0.6 is 11.8 Å². The summed E-state index contributed by atoms with van der Waals surface area (Å²) >= 11 is 1.85. The van der Waals surface area contributed by atoms with Gasteiger partial charge in [-0.05, 0) is 12.2 Å². The zero-order valence-electron chi connectivity index (χ0n) is 5.21. The van der Waals surface area contributed by atoms with Crippen molar-refractivity contribution in [1.82, 2.24) is 0 Å². The van der Waals surface area contributed by atoms with Crippen LogP contribution in [0.5, 0.6) is 0 Å². The summed E-state index contributed by atoms with van der Waals surface area (Å²) in [5.41, 5.74) is 5.65. The highest BCUT2D eigenvalue weighted by atomic mass is 32.2. The Bertz CT molecular complexity index is 130. The molecule has 3 heteroatoms. The second-order valence-corrected chi connectivity index (χ2v) is 3.41. The van der Waals surface area contributed by atoms with Gasteiger partial charge in [0, 0.05) is 11.8 Å². The summed E-state index contributed by atoms with van der Waals surface area (Å²) in [6.07, 6.45) is 0.975. The van der Waals surface area contributed by atoms with Crippen LogP contribution < -0.4 is 5.73 Å². The third-order valence-corrected chi connectivity index (χ3v) is 2.71. The smallest absolute Gasteiger partial charge is 0.0672 e. The highest BCUT2D eigenvalue weighted by Gasteiger charge is 2.20. The van der Waals surface area contributed by atoms with Crippen LogP contribution in [0.3, 0.4) is 0 Å². The van der Waals surface area contributed by atoms with E-state index in [9.17, 15) is 0 Å². The lowest BCUT2D eigenvalue weighted by molar-refractivity contribution is 0.528. The number of rotatable bonds is 0. The van der Waals surface area contributed by atoms with Gasteiger partial charge < -0.3 is 5.73 Å². The van der Waals surface area contributed by atoms with Gasteiger partial charge in [0.2, 0.25) is 0 Å². The third kappa shape index (κ3) is 1.60. The van der Waals surface area contributed by atoms with Crippen molar-refractivity contribution in [3.63, 3.8) is 0 Å². The zero-order valence-corrected chi connectivity index (χ0v) is 6.03. The maximum atomic E-state index is 8.52. The first-order chi connectivity index (χ1) is 4.34. The number of hydrogen-bond donors (Lipinski definition) is 1. The lowest BCUT2D eigenvalue weighted by Gasteiger charge is -2.21. The maximum Gasteiger partial charge on any atom is 0.0672 e. The van der Waals surface area contributed by atoms with Crippen molar-refractivity contribution in [2.24, 2.45) is 11.7 Å². The molecule has 2 nitrogen and oxygen atoms in total. The molecule has 50 valence electrons. The molecule has 0 bridgehead atoms. The lowest BCUT2D eigenvalue weighted by atomic mass is 10.0. The van der Waals surface area contributed by atoms with Crippen molar-refractivity contribution >= 4 is 11.8 Å². The van der Waals surface area contributed by atoms with Crippen LogP contribution in [0.15, 0.2) is 0 Å². The van der Waals surface area contributed by atoms with Crippen molar-refractivity contribution in [3.8, 4) is 6.07 Å². The van der Waals surface area contributed by atoms with Crippen LogP contribution in [0.4, 0.5) is 0 Å². The first-order valence-electron chi connectivity index (χ1n) is 3.07. The van der Waals surface area contributed by atoms with E-state index >= 15 is 0 Å². The quantitative estimate of drug-likeness (QED) is 0.538. The fourth-order valence-corrected chi connectivity index (χ4v) is 2.01. The van der Waals surface area contributed by atoms with E-state index in [1.54, 1.807) is 0 Å². The summed E-state index contributed by atoms with van der Waals surface area (Å²) in [6, 6.07) is 2.33. The van der Waals surface area contributed by atoms with E-state index in [4.69, 9.17) is 11.0 Å². The average molecular weight is 142 g/mol. The minimum absolute atomic E-state index is 0.117. The van der Waals surface area contributed by atoms with Crippen molar-refractivity contribution in [3.05, 3.63) is 0 Å². The molecular formula is C6H10N2S. The molecule has 0 spiro atoms. The van der Waals surface area contributed by atoms with Crippen molar-refractivity contribution < 1.29 is 0 Å². The molecule has 9 heavy (non-hydrogen) atoms. The Labute approximate surface area is 59.4 Å². The maximum absolute atomic E-state index is 8.52. The standard InChI is InChI=1S/C6H10N2S/c7-3-5-1-2-9-4-6(5)8/h5-6H,1-2,4,8H2/t5-,6-/m1/s1. The molecule has 0 aromatic rings. The van der Waals surface area contributed by atoms with E-state index in [1.807, 2.05) is 11.8 Å². The first-order valence-corrected chi connectivity index (χ1v) is 4.23. The Hall–Kier alpha value is -0.200. The van der Waals surface area contributed by atoms with Crippen LogP contribution in [0.1, 0.15) is 6.42 Å². The predicted molar refractivity (Wildman–Crippen MR) is 39.0 cm³/mol. The SMILES string of the molecule is N#C[C@H]1CCSC[C@H]1N. The topological polar surface area (TPSA) is 49.8 Å². The van der Waals surface area contributed by atoms with Gasteiger partial charge in [0.05, 0.1) is 12.0 Å². The number of nitrogens with zero attached hydrogens (tertiary/aromatic N) is 1. The molecule has 1 rings (SSSR count). The second-order valence-electron chi connectivity index (χ2n) is 2.26. The van der Waals surface area contributed by atoms with E-state index in [0.29, 0.717) is 0 Å². The lowest BCUT2D eigenvalue weighted by Crippen LogP contribution is -2.35. The highest BCUT2D eigenvalue weighted by Crippen LogP contribution is 2.20. The van der Waals surface area contributed by atoms with Crippen LogP contribution in [0, 0.1) is 17.2 Å². The summed E-state index contributed by atoms with van der Waals surface area (Å²) in [5, 5.41) is 8.52. The van der Waals surface area contributed by atoms with Crippen LogP contribution in [0.2, 0.25) is 0 Å². The summed E-state index contributed by atoms with van der Waals surface area (Å²) in [4.78, 5) is 0. The van der Waals surface area contributed by atoms with Gasteiger partial charge in [-0.1, -0.05) is 0 Å². The number of nitrogens with two attached hydrogens (primary N) is 1. The predicted octanol–water partition coefficient (Wildman–Crippen LogP) is 0.590. The number of hydrogen-bond acceptors (Lipinski definition) is 3. The molecule has 1 fully saturated rings. The Morgan fingerprint density at radius 2 is 2.44 bits per heavy atom. The molecule has 0 aromatic heterocycles. The summed E-state index contributed by atoms with van der Waals surface area (Å²) in [6.45, 7) is 0. The van der Waals surface area contributed by atoms with Gasteiger partial charge in [0.1, 0.15) is 0 Å². The molecule has 1 aliphatic rings. The minimum atomic E-state index is 0.117. The van der Waals surface area contributed by atoms with Gasteiger partial charge in [-0.2, -0.15) is 17.0 Å². The fraction of sp³-hybridized carbons (Fsp3) is 0.833. The Balaban J connectivity index is 2.41. The van der Waals surface area contributed by atoms with Crippen LogP contribution in [-0.2, 0) is 0 Å². The second kappa shape index (κ2) is 3.09. The highest BCUT2D eigenvalue weighted by molar-refractivity contribution is 7.99. The Morgan fingerprint density at radius 3 is 2.89 bits per heavy atom. The van der Waals surface area contributed by atoms with Gasteiger partial charge >= 0.3 is 0 Å². The monoisotopic (exact) mass is 142 g/mol. The Kier molecular flexibility index (Phi) is 2.38. The normalized spacial score (nSPS) is 35.6. The fourth-order valence-electron chi connectivity index (χ4n) is 0.920.